The average molecular weight is 233 g/mol. The van der Waals surface area contributed by atoms with Gasteiger partial charge in [-0.15, -0.1) is 13.0 Å². The van der Waals surface area contributed by atoms with Gasteiger partial charge in [0.2, 0.25) is 0 Å². The van der Waals surface area contributed by atoms with Crippen LogP contribution in [0.25, 0.3) is 0 Å². The van der Waals surface area contributed by atoms with Crippen LogP contribution in [-0.4, -0.2) is 34.2 Å². The predicted octanol–water partition coefficient (Wildman–Crippen LogP) is 2.19. The number of hydrogen-bond donors (Lipinski definition) is 1. The van der Waals surface area contributed by atoms with E-state index in [2.05, 4.69) is 24.4 Å². The summed E-state index contributed by atoms with van der Waals surface area (Å²) in [6.07, 6.45) is 12.7. The largest absolute Gasteiger partial charge is 0.385 e. The zero-order valence-electron chi connectivity index (χ0n) is 10.9. The molecule has 1 aliphatic heterocycles. The van der Waals surface area contributed by atoms with Gasteiger partial charge in [-0.1, -0.05) is 24.8 Å². The first-order valence-corrected chi connectivity index (χ1v) is 6.53. The van der Waals surface area contributed by atoms with Crippen molar-refractivity contribution in [2.24, 2.45) is 5.92 Å². The zero-order valence-corrected chi connectivity index (χ0v) is 10.9. The van der Waals surface area contributed by atoms with Gasteiger partial charge in [-0.2, -0.15) is 0 Å². The minimum absolute atomic E-state index is 0.292. The van der Waals surface area contributed by atoms with Gasteiger partial charge in [0.1, 0.15) is 0 Å². The molecule has 0 radical (unpaired) electrons. The van der Waals surface area contributed by atoms with Crippen LogP contribution in [0.1, 0.15) is 39.0 Å². The van der Waals surface area contributed by atoms with E-state index >= 15 is 0 Å². The maximum Gasteiger partial charge on any atom is 0.0895 e. The standard InChI is InChI=1S/C15H23NO/c1-5-14(3)11-15(17,6-2)12-9-7-8-10-13(12)16(14)4/h1,6,12-13,17H,2,7-11H2,3-4H3. The molecule has 1 saturated heterocycles. The van der Waals surface area contributed by atoms with Crippen molar-refractivity contribution < 1.29 is 5.11 Å². The third kappa shape index (κ3) is 1.82. The van der Waals surface area contributed by atoms with E-state index in [-0.39, 0.29) is 5.54 Å². The van der Waals surface area contributed by atoms with Crippen molar-refractivity contribution in [3.05, 3.63) is 12.7 Å². The molecule has 2 fully saturated rings. The van der Waals surface area contributed by atoms with Crippen LogP contribution in [-0.2, 0) is 0 Å². The van der Waals surface area contributed by atoms with Crippen molar-refractivity contribution in [3.8, 4) is 12.3 Å². The fourth-order valence-electron chi connectivity index (χ4n) is 3.71. The Morgan fingerprint density at radius 1 is 1.47 bits per heavy atom. The fraction of sp³-hybridized carbons (Fsp3) is 0.733. The van der Waals surface area contributed by atoms with Gasteiger partial charge in [0.05, 0.1) is 11.1 Å². The second-order valence-corrected chi connectivity index (χ2v) is 5.86. The van der Waals surface area contributed by atoms with E-state index in [9.17, 15) is 5.11 Å². The molecular weight excluding hydrogens is 210 g/mol. The highest BCUT2D eigenvalue weighted by Crippen LogP contribution is 2.47. The molecule has 2 heteroatoms. The first-order chi connectivity index (χ1) is 7.97. The summed E-state index contributed by atoms with van der Waals surface area (Å²) in [7, 11) is 2.10. The molecule has 17 heavy (non-hydrogen) atoms. The van der Waals surface area contributed by atoms with E-state index in [0.717, 1.165) is 12.8 Å². The van der Waals surface area contributed by atoms with E-state index in [1.807, 2.05) is 6.92 Å². The molecule has 2 nitrogen and oxygen atoms in total. The molecule has 0 amide bonds. The summed E-state index contributed by atoms with van der Waals surface area (Å²) in [5.74, 6) is 3.16. The summed E-state index contributed by atoms with van der Waals surface area (Å²) in [5.41, 5.74) is -1.15. The molecule has 1 saturated carbocycles. The van der Waals surface area contributed by atoms with Gasteiger partial charge in [0, 0.05) is 18.4 Å². The summed E-state index contributed by atoms with van der Waals surface area (Å²) in [6.45, 7) is 5.88. The Bertz CT molecular complexity index is 358. The number of nitrogens with zero attached hydrogens (tertiary/aromatic N) is 1. The van der Waals surface area contributed by atoms with Gasteiger partial charge >= 0.3 is 0 Å². The molecule has 2 aliphatic rings. The first-order valence-electron chi connectivity index (χ1n) is 6.53. The summed E-state index contributed by atoms with van der Waals surface area (Å²) >= 11 is 0. The van der Waals surface area contributed by atoms with Crippen molar-refractivity contribution in [2.45, 2.75) is 56.2 Å². The van der Waals surface area contributed by atoms with E-state index in [4.69, 9.17) is 6.42 Å². The quantitative estimate of drug-likeness (QED) is 0.554. The Morgan fingerprint density at radius 3 is 2.71 bits per heavy atom. The molecule has 0 spiro atoms. The van der Waals surface area contributed by atoms with Crippen LogP contribution >= 0.6 is 0 Å². The van der Waals surface area contributed by atoms with Gasteiger partial charge in [-0.25, -0.2) is 0 Å². The van der Waals surface area contributed by atoms with Gasteiger partial charge in [0.15, 0.2) is 0 Å². The molecule has 94 valence electrons. The van der Waals surface area contributed by atoms with Crippen molar-refractivity contribution in [1.82, 2.24) is 4.90 Å². The Morgan fingerprint density at radius 2 is 2.12 bits per heavy atom. The first kappa shape index (κ1) is 12.7. The second kappa shape index (κ2) is 4.15. The molecule has 0 aromatic rings. The van der Waals surface area contributed by atoms with Crippen LogP contribution in [0.4, 0.5) is 0 Å². The van der Waals surface area contributed by atoms with Crippen LogP contribution < -0.4 is 0 Å². The average Bonchev–Trinajstić information content (AvgIpc) is 2.36. The number of piperidine rings is 1. The van der Waals surface area contributed by atoms with Crippen molar-refractivity contribution in [3.63, 3.8) is 0 Å². The molecule has 2 rings (SSSR count). The van der Waals surface area contributed by atoms with Crippen LogP contribution in [0.3, 0.4) is 0 Å². The van der Waals surface area contributed by atoms with Gasteiger partial charge in [0.25, 0.3) is 0 Å². The molecule has 0 aromatic heterocycles. The second-order valence-electron chi connectivity index (χ2n) is 5.86. The lowest BCUT2D eigenvalue weighted by atomic mass is 9.64. The van der Waals surface area contributed by atoms with Crippen molar-refractivity contribution in [1.29, 1.82) is 0 Å². The smallest absolute Gasteiger partial charge is 0.0895 e. The van der Waals surface area contributed by atoms with E-state index in [1.165, 1.54) is 12.8 Å². The lowest BCUT2D eigenvalue weighted by molar-refractivity contribution is -0.115. The third-order valence-electron chi connectivity index (χ3n) is 4.94. The number of terminal acetylenes is 1. The Hall–Kier alpha value is -0.780. The Balaban J connectivity index is 2.39. The summed E-state index contributed by atoms with van der Waals surface area (Å²) in [5, 5.41) is 10.8. The maximum atomic E-state index is 10.8. The Kier molecular flexibility index (Phi) is 3.10. The van der Waals surface area contributed by atoms with E-state index in [0.29, 0.717) is 18.4 Å². The lowest BCUT2D eigenvalue weighted by Crippen LogP contribution is -2.65. The number of hydrogen-bond acceptors (Lipinski definition) is 2. The molecule has 1 heterocycles. The highest BCUT2D eigenvalue weighted by Gasteiger charge is 2.53. The number of rotatable bonds is 1. The van der Waals surface area contributed by atoms with Gasteiger partial charge < -0.3 is 5.11 Å². The number of likely N-dealkylation sites (tertiary alicyclic amines) is 1. The SMILES string of the molecule is C#CC1(C)CC(O)(C=C)C2CCCCC2N1C. The molecule has 1 aliphatic carbocycles. The molecule has 4 atom stereocenters. The topological polar surface area (TPSA) is 23.5 Å². The Labute approximate surface area is 105 Å². The molecule has 0 aromatic carbocycles. The minimum Gasteiger partial charge on any atom is -0.385 e. The number of aliphatic hydroxyl groups is 1. The fourth-order valence-corrected chi connectivity index (χ4v) is 3.71. The van der Waals surface area contributed by atoms with Crippen molar-refractivity contribution in [2.75, 3.05) is 7.05 Å². The predicted molar refractivity (Wildman–Crippen MR) is 70.5 cm³/mol. The molecule has 1 N–H and O–H groups in total. The summed E-state index contributed by atoms with van der Waals surface area (Å²) in [4.78, 5) is 2.30. The van der Waals surface area contributed by atoms with Crippen LogP contribution in [0.5, 0.6) is 0 Å². The van der Waals surface area contributed by atoms with Crippen LogP contribution in [0.15, 0.2) is 12.7 Å². The van der Waals surface area contributed by atoms with E-state index in [1.54, 1.807) is 6.08 Å². The highest BCUT2D eigenvalue weighted by molar-refractivity contribution is 5.23. The van der Waals surface area contributed by atoms with Gasteiger partial charge in [-0.05, 0) is 26.8 Å². The summed E-state index contributed by atoms with van der Waals surface area (Å²) in [6, 6.07) is 0.390. The summed E-state index contributed by atoms with van der Waals surface area (Å²) < 4.78 is 0. The van der Waals surface area contributed by atoms with Gasteiger partial charge in [-0.3, -0.25) is 4.90 Å². The van der Waals surface area contributed by atoms with Crippen LogP contribution in [0, 0.1) is 18.3 Å². The maximum absolute atomic E-state index is 10.8. The zero-order chi connectivity index (χ0) is 12.7. The third-order valence-corrected chi connectivity index (χ3v) is 4.94. The molecule has 0 bridgehead atoms. The monoisotopic (exact) mass is 233 g/mol. The molecule has 4 unspecified atom stereocenters. The highest BCUT2D eigenvalue weighted by atomic mass is 16.3. The normalized spacial score (nSPS) is 46.9. The molecular formula is C15H23NO. The lowest BCUT2D eigenvalue weighted by Gasteiger charge is -2.56. The van der Waals surface area contributed by atoms with E-state index < -0.39 is 5.60 Å². The van der Waals surface area contributed by atoms with Crippen LogP contribution in [0.2, 0.25) is 0 Å². The minimum atomic E-state index is -0.793. The van der Waals surface area contributed by atoms with Crippen molar-refractivity contribution >= 4 is 0 Å². The number of fused-ring (bicyclic) bond motifs is 1.